The fourth-order valence-electron chi connectivity index (χ4n) is 0.558. The van der Waals surface area contributed by atoms with Crippen molar-refractivity contribution in [2.45, 2.75) is 13.3 Å². The Morgan fingerprint density at radius 2 is 2.54 bits per heavy atom. The number of rotatable bonds is 7. The first kappa shape index (κ1) is 12.9. The Bertz CT molecular complexity index is 241. The molecule has 0 spiro atoms. The summed E-state index contributed by atoms with van der Waals surface area (Å²) in [6.45, 7) is -0.786. The van der Waals surface area contributed by atoms with E-state index in [1.165, 1.54) is 5.49 Å². The zero-order valence-corrected chi connectivity index (χ0v) is 9.75. The van der Waals surface area contributed by atoms with Gasteiger partial charge in [-0.1, -0.05) is 12.2 Å². The molecule has 0 rings (SSSR count). The molecule has 4 nitrogen and oxygen atoms in total. The molecule has 0 aliphatic carbocycles. The highest BCUT2D eigenvalue weighted by Crippen LogP contribution is 2.55. The largest absolute Gasteiger partial charge is 0.351 e. The molecular weight excluding hydrogens is 227 g/mol. The van der Waals surface area contributed by atoms with Crippen LogP contribution in [0.25, 0.3) is 0 Å². The minimum Gasteiger partial charge on any atom is -0.306 e. The average molecular weight is 238 g/mol. The summed E-state index contributed by atoms with van der Waals surface area (Å²) in [5.41, 5.74) is 1.18. The molecule has 0 aliphatic heterocycles. The van der Waals surface area contributed by atoms with Crippen molar-refractivity contribution < 1.29 is 9.09 Å². The van der Waals surface area contributed by atoms with Gasteiger partial charge in [-0.2, -0.15) is 5.26 Å². The summed E-state index contributed by atoms with van der Waals surface area (Å²) in [4.78, 5) is 0. The SMILES string of the molecule is CCOP(=O)(NC=S)SCCC#N. The molecular formula is C6H11N2O2PS2. The molecule has 0 aromatic rings. The Hall–Kier alpha value is -0.0800. The summed E-state index contributed by atoms with van der Waals surface area (Å²) >= 11 is 5.63. The third kappa shape index (κ3) is 6.05. The number of nitrogens with zero attached hydrogens (tertiary/aromatic N) is 1. The lowest BCUT2D eigenvalue weighted by atomic mass is 10.6. The molecule has 1 atom stereocenters. The van der Waals surface area contributed by atoms with Crippen LogP contribution >= 0.6 is 30.3 Å². The van der Waals surface area contributed by atoms with Crippen LogP contribution in [-0.2, 0) is 9.09 Å². The van der Waals surface area contributed by atoms with Crippen molar-refractivity contribution in [2.24, 2.45) is 0 Å². The van der Waals surface area contributed by atoms with Gasteiger partial charge in [0.2, 0.25) is 0 Å². The van der Waals surface area contributed by atoms with Gasteiger partial charge >= 0.3 is 6.72 Å². The quantitative estimate of drug-likeness (QED) is 0.417. The third-order valence-corrected chi connectivity index (χ3v) is 5.25. The number of hydrogen-bond acceptors (Lipinski definition) is 5. The molecule has 0 saturated heterocycles. The highest BCUT2D eigenvalue weighted by molar-refractivity contribution is 8.56. The van der Waals surface area contributed by atoms with E-state index in [2.05, 4.69) is 17.3 Å². The Morgan fingerprint density at radius 3 is 3.00 bits per heavy atom. The number of nitriles is 1. The van der Waals surface area contributed by atoms with Crippen molar-refractivity contribution in [3.05, 3.63) is 0 Å². The lowest BCUT2D eigenvalue weighted by Gasteiger charge is -2.14. The fraction of sp³-hybridized carbons (Fsp3) is 0.667. The van der Waals surface area contributed by atoms with Gasteiger partial charge in [-0.3, -0.25) is 4.57 Å². The van der Waals surface area contributed by atoms with Gasteiger partial charge < -0.3 is 9.61 Å². The summed E-state index contributed by atoms with van der Waals surface area (Å²) in [6, 6.07) is 1.96. The molecule has 74 valence electrons. The van der Waals surface area contributed by atoms with Crippen LogP contribution in [0, 0.1) is 11.3 Å². The Labute approximate surface area is 87.3 Å². The van der Waals surface area contributed by atoms with Crippen LogP contribution in [0.15, 0.2) is 0 Å². The summed E-state index contributed by atoms with van der Waals surface area (Å²) in [5, 5.41) is 10.8. The summed E-state index contributed by atoms with van der Waals surface area (Å²) < 4.78 is 16.7. The van der Waals surface area contributed by atoms with Crippen LogP contribution in [0.2, 0.25) is 0 Å². The molecule has 13 heavy (non-hydrogen) atoms. The van der Waals surface area contributed by atoms with Gasteiger partial charge in [-0.25, -0.2) is 0 Å². The van der Waals surface area contributed by atoms with E-state index in [1.54, 1.807) is 6.92 Å². The third-order valence-electron chi connectivity index (χ3n) is 0.985. The van der Waals surface area contributed by atoms with Gasteiger partial charge in [0.1, 0.15) is 0 Å². The number of nitrogens with one attached hydrogen (secondary N) is 1. The molecule has 0 fully saturated rings. The van der Waals surface area contributed by atoms with Crippen molar-refractivity contribution in [1.82, 2.24) is 5.09 Å². The van der Waals surface area contributed by atoms with Crippen LogP contribution in [0.4, 0.5) is 0 Å². The van der Waals surface area contributed by atoms with E-state index in [0.717, 1.165) is 11.4 Å². The maximum absolute atomic E-state index is 11.7. The maximum Gasteiger partial charge on any atom is 0.351 e. The van der Waals surface area contributed by atoms with Crippen molar-refractivity contribution in [2.75, 3.05) is 12.4 Å². The van der Waals surface area contributed by atoms with Crippen LogP contribution in [-0.4, -0.2) is 17.9 Å². The summed E-state index contributed by atoms with van der Waals surface area (Å²) in [6.07, 6.45) is 0.348. The monoisotopic (exact) mass is 238 g/mol. The minimum atomic E-state index is -2.89. The van der Waals surface area contributed by atoms with E-state index in [4.69, 9.17) is 9.79 Å². The second kappa shape index (κ2) is 7.34. The van der Waals surface area contributed by atoms with E-state index in [-0.39, 0.29) is 0 Å². The van der Waals surface area contributed by atoms with Gasteiger partial charge in [-0.05, 0) is 18.3 Å². The van der Waals surface area contributed by atoms with Crippen molar-refractivity contribution >= 4 is 35.8 Å². The number of hydrogen-bond donors (Lipinski definition) is 1. The van der Waals surface area contributed by atoms with Crippen LogP contribution < -0.4 is 5.09 Å². The molecule has 1 N–H and O–H groups in total. The van der Waals surface area contributed by atoms with Crippen molar-refractivity contribution in [1.29, 1.82) is 5.26 Å². The second-order valence-electron chi connectivity index (χ2n) is 1.90. The molecule has 1 unspecified atom stereocenters. The molecule has 0 saturated carbocycles. The molecule has 0 aromatic carbocycles. The highest BCUT2D eigenvalue weighted by atomic mass is 32.7. The smallest absolute Gasteiger partial charge is 0.306 e. The molecule has 0 radical (unpaired) electrons. The lowest BCUT2D eigenvalue weighted by Crippen LogP contribution is -2.06. The number of thiocarbonyl (C=S) groups is 1. The van der Waals surface area contributed by atoms with E-state index >= 15 is 0 Å². The Morgan fingerprint density at radius 1 is 1.85 bits per heavy atom. The van der Waals surface area contributed by atoms with E-state index in [9.17, 15) is 4.57 Å². The molecule has 7 heteroatoms. The average Bonchev–Trinajstić information content (AvgIpc) is 2.05. The maximum atomic E-state index is 11.7. The Balaban J connectivity index is 4.00. The first-order valence-electron chi connectivity index (χ1n) is 3.66. The van der Waals surface area contributed by atoms with Crippen LogP contribution in [0.3, 0.4) is 0 Å². The van der Waals surface area contributed by atoms with E-state index < -0.39 is 6.72 Å². The molecule has 0 bridgehead atoms. The van der Waals surface area contributed by atoms with E-state index in [1.807, 2.05) is 6.07 Å². The summed E-state index contributed by atoms with van der Waals surface area (Å²) in [7, 11) is 0. The van der Waals surface area contributed by atoms with Crippen molar-refractivity contribution in [3.63, 3.8) is 0 Å². The summed E-state index contributed by atoms with van der Waals surface area (Å²) in [5.74, 6) is 0.476. The molecule has 0 amide bonds. The molecule has 0 heterocycles. The van der Waals surface area contributed by atoms with Gasteiger partial charge in [0.25, 0.3) is 0 Å². The lowest BCUT2D eigenvalue weighted by molar-refractivity contribution is 0.343. The highest BCUT2D eigenvalue weighted by Gasteiger charge is 2.21. The molecule has 0 aromatic heterocycles. The first-order valence-corrected chi connectivity index (χ1v) is 7.34. The van der Waals surface area contributed by atoms with Crippen LogP contribution in [0.5, 0.6) is 0 Å². The van der Waals surface area contributed by atoms with Gasteiger partial charge in [0.15, 0.2) is 0 Å². The normalized spacial score (nSPS) is 14.2. The Kier molecular flexibility index (Phi) is 7.29. The van der Waals surface area contributed by atoms with Crippen LogP contribution in [0.1, 0.15) is 13.3 Å². The molecule has 0 aliphatic rings. The van der Waals surface area contributed by atoms with Gasteiger partial charge in [0.05, 0.1) is 18.2 Å². The zero-order valence-electron chi connectivity index (χ0n) is 7.23. The predicted molar refractivity (Wildman–Crippen MR) is 58.7 cm³/mol. The predicted octanol–water partition coefficient (Wildman–Crippen LogP) is 2.32. The van der Waals surface area contributed by atoms with E-state index in [0.29, 0.717) is 18.8 Å². The van der Waals surface area contributed by atoms with Gasteiger partial charge in [0, 0.05) is 12.2 Å². The van der Waals surface area contributed by atoms with Crippen molar-refractivity contribution in [3.8, 4) is 6.07 Å². The standard InChI is InChI=1S/C6H11N2O2PS2/c1-2-10-11(9,8-6-12)13-5-3-4-7/h6H,2-3,5H2,1H3,(H,8,9,12). The minimum absolute atomic E-state index is 0.348. The first-order chi connectivity index (χ1) is 6.18. The van der Waals surface area contributed by atoms with Gasteiger partial charge in [-0.15, -0.1) is 0 Å². The second-order valence-corrected chi connectivity index (χ2v) is 6.53. The topological polar surface area (TPSA) is 62.1 Å². The fourth-order valence-corrected chi connectivity index (χ4v) is 4.21. The zero-order chi connectivity index (χ0) is 10.2.